The molecule has 2 aromatic carbocycles. The molecule has 0 saturated carbocycles. The first-order valence-corrected chi connectivity index (χ1v) is 11.3. The van der Waals surface area contributed by atoms with Gasteiger partial charge in [-0.15, -0.1) is 10.2 Å². The summed E-state index contributed by atoms with van der Waals surface area (Å²) in [7, 11) is -1.70. The number of hydrogen-bond donors (Lipinski definition) is 2. The number of carbonyl (C=O) groups excluding carboxylic acids is 1. The van der Waals surface area contributed by atoms with E-state index < -0.39 is 44.5 Å². The van der Waals surface area contributed by atoms with Gasteiger partial charge in [0.05, 0.1) is 16.8 Å². The normalized spacial score (nSPS) is 13.2. The van der Waals surface area contributed by atoms with E-state index in [1.54, 1.807) is 18.2 Å². The van der Waals surface area contributed by atoms with Gasteiger partial charge < -0.3 is 14.8 Å². The lowest BCUT2D eigenvalue weighted by molar-refractivity contribution is -0.142. The fourth-order valence-corrected chi connectivity index (χ4v) is 3.61. The summed E-state index contributed by atoms with van der Waals surface area (Å²) in [5.74, 6) is -1.03. The Morgan fingerprint density at radius 3 is 2.36 bits per heavy atom. The largest absolute Gasteiger partial charge is 0.493 e. The standard InChI is InChI=1S/C21H19F3N4O4S/c1-12-17(19(29)26-13-7-6-8-14(11-13)33(3,25)30)20(28-27-18(12)21(22,23)24)32-16-10-5-4-9-15(16)31-2/h4-11,25H,1-3H3,(H,26,29). The lowest BCUT2D eigenvalue weighted by atomic mass is 10.1. The lowest BCUT2D eigenvalue weighted by Crippen LogP contribution is -2.21. The van der Waals surface area contributed by atoms with Crippen molar-refractivity contribution in [1.29, 1.82) is 4.78 Å². The minimum absolute atomic E-state index is 0.115. The quantitative estimate of drug-likeness (QED) is 0.519. The smallest absolute Gasteiger partial charge is 0.435 e. The van der Waals surface area contributed by atoms with Crippen LogP contribution in [0.1, 0.15) is 21.6 Å². The molecule has 12 heteroatoms. The average molecular weight is 480 g/mol. The number of aromatic nitrogens is 2. The van der Waals surface area contributed by atoms with Crippen molar-refractivity contribution >= 4 is 21.3 Å². The van der Waals surface area contributed by atoms with Crippen LogP contribution in [0.3, 0.4) is 0 Å². The second-order valence-electron chi connectivity index (χ2n) is 6.93. The first kappa shape index (κ1) is 24.0. The summed E-state index contributed by atoms with van der Waals surface area (Å²) in [6.45, 7) is 1.08. The Bertz CT molecular complexity index is 1310. The number of ether oxygens (including phenoxy) is 2. The molecule has 0 aliphatic rings. The third-order valence-electron chi connectivity index (χ3n) is 4.50. The van der Waals surface area contributed by atoms with E-state index in [2.05, 4.69) is 15.5 Å². The molecule has 1 unspecified atom stereocenters. The number of carbonyl (C=O) groups is 1. The van der Waals surface area contributed by atoms with Gasteiger partial charge in [0.2, 0.25) is 0 Å². The van der Waals surface area contributed by atoms with Gasteiger partial charge in [0.1, 0.15) is 5.56 Å². The van der Waals surface area contributed by atoms with Crippen LogP contribution in [-0.4, -0.2) is 33.7 Å². The van der Waals surface area contributed by atoms with Crippen molar-refractivity contribution < 1.29 is 31.6 Å². The maximum Gasteiger partial charge on any atom is 0.435 e. The molecular formula is C21H19F3N4O4S. The lowest BCUT2D eigenvalue weighted by Gasteiger charge is -2.17. The molecule has 2 N–H and O–H groups in total. The third kappa shape index (κ3) is 5.40. The van der Waals surface area contributed by atoms with Crippen molar-refractivity contribution in [3.63, 3.8) is 0 Å². The van der Waals surface area contributed by atoms with Crippen LogP contribution >= 0.6 is 0 Å². The predicted molar refractivity (Wildman–Crippen MR) is 114 cm³/mol. The van der Waals surface area contributed by atoms with Gasteiger partial charge in [-0.2, -0.15) is 13.2 Å². The molecule has 1 amide bonds. The van der Waals surface area contributed by atoms with E-state index >= 15 is 0 Å². The Morgan fingerprint density at radius 2 is 1.76 bits per heavy atom. The number of hydrogen-bond acceptors (Lipinski definition) is 7. The summed E-state index contributed by atoms with van der Waals surface area (Å²) < 4.78 is 70.8. The summed E-state index contributed by atoms with van der Waals surface area (Å²) >= 11 is 0. The number of amides is 1. The fraction of sp³-hybridized carbons (Fsp3) is 0.190. The number of nitrogens with zero attached hydrogens (tertiary/aromatic N) is 2. The van der Waals surface area contributed by atoms with E-state index in [0.29, 0.717) is 0 Å². The van der Waals surface area contributed by atoms with E-state index in [0.717, 1.165) is 6.92 Å². The van der Waals surface area contributed by atoms with Crippen LogP contribution in [0, 0.1) is 11.7 Å². The molecule has 0 radical (unpaired) electrons. The van der Waals surface area contributed by atoms with E-state index in [-0.39, 0.29) is 22.1 Å². The van der Waals surface area contributed by atoms with Crippen LogP contribution < -0.4 is 14.8 Å². The first-order valence-electron chi connectivity index (χ1n) is 9.32. The Kier molecular flexibility index (Phi) is 6.58. The van der Waals surface area contributed by atoms with E-state index in [1.165, 1.54) is 43.7 Å². The molecule has 3 rings (SSSR count). The van der Waals surface area contributed by atoms with Gasteiger partial charge >= 0.3 is 6.18 Å². The zero-order valence-electron chi connectivity index (χ0n) is 17.7. The van der Waals surface area contributed by atoms with Gasteiger partial charge in [0.25, 0.3) is 11.8 Å². The van der Waals surface area contributed by atoms with Crippen molar-refractivity contribution in [1.82, 2.24) is 10.2 Å². The number of halogens is 3. The van der Waals surface area contributed by atoms with Gasteiger partial charge in [-0.1, -0.05) is 18.2 Å². The topological polar surface area (TPSA) is 114 Å². The maximum atomic E-state index is 13.4. The number of benzene rings is 2. The fourth-order valence-electron chi connectivity index (χ4n) is 2.92. The van der Waals surface area contributed by atoms with Gasteiger partial charge in [-0.05, 0) is 42.8 Å². The zero-order chi connectivity index (χ0) is 24.4. The Hall–Kier alpha value is -3.67. The van der Waals surface area contributed by atoms with Gasteiger partial charge in [-0.3, -0.25) is 4.79 Å². The number of rotatable bonds is 6. The molecule has 174 valence electrons. The van der Waals surface area contributed by atoms with Crippen molar-refractivity contribution in [3.8, 4) is 17.4 Å². The van der Waals surface area contributed by atoms with Crippen LogP contribution in [0.25, 0.3) is 0 Å². The number of para-hydroxylation sites is 2. The molecule has 3 aromatic rings. The number of nitrogens with one attached hydrogen (secondary N) is 2. The molecule has 1 heterocycles. The SMILES string of the molecule is COc1ccccc1Oc1nnc(C(F)(F)F)c(C)c1C(=O)Nc1cccc(S(C)(=N)=O)c1. The van der Waals surface area contributed by atoms with E-state index in [4.69, 9.17) is 14.3 Å². The molecule has 0 bridgehead atoms. The molecule has 1 atom stereocenters. The Morgan fingerprint density at radius 1 is 1.09 bits per heavy atom. The van der Waals surface area contributed by atoms with E-state index in [9.17, 15) is 22.2 Å². The maximum absolute atomic E-state index is 13.4. The summed E-state index contributed by atoms with van der Waals surface area (Å²) in [4.78, 5) is 13.2. The number of methoxy groups -OCH3 is 1. The minimum Gasteiger partial charge on any atom is -0.493 e. The minimum atomic E-state index is -4.85. The van der Waals surface area contributed by atoms with Crippen LogP contribution in [0.5, 0.6) is 17.4 Å². The summed E-state index contributed by atoms with van der Waals surface area (Å²) in [6, 6.07) is 12.0. The summed E-state index contributed by atoms with van der Waals surface area (Å²) in [6.07, 6.45) is -3.65. The van der Waals surface area contributed by atoms with Crippen LogP contribution in [0.2, 0.25) is 0 Å². The van der Waals surface area contributed by atoms with Crippen LogP contribution in [0.15, 0.2) is 53.4 Å². The average Bonchev–Trinajstić information content (AvgIpc) is 2.73. The molecule has 33 heavy (non-hydrogen) atoms. The highest BCUT2D eigenvalue weighted by molar-refractivity contribution is 7.91. The zero-order valence-corrected chi connectivity index (χ0v) is 18.5. The second-order valence-corrected chi connectivity index (χ2v) is 9.09. The highest BCUT2D eigenvalue weighted by atomic mass is 32.2. The molecule has 0 spiro atoms. The van der Waals surface area contributed by atoms with Gasteiger partial charge in [-0.25, -0.2) is 8.99 Å². The molecule has 0 aliphatic carbocycles. The highest BCUT2D eigenvalue weighted by Crippen LogP contribution is 2.37. The van der Waals surface area contributed by atoms with Crippen molar-refractivity contribution in [2.24, 2.45) is 0 Å². The number of alkyl halides is 3. The molecule has 0 fully saturated rings. The van der Waals surface area contributed by atoms with Gasteiger partial charge in [0, 0.05) is 16.8 Å². The van der Waals surface area contributed by atoms with Crippen molar-refractivity contribution in [2.75, 3.05) is 18.7 Å². The van der Waals surface area contributed by atoms with Crippen molar-refractivity contribution in [3.05, 3.63) is 65.4 Å². The third-order valence-corrected chi connectivity index (χ3v) is 5.65. The summed E-state index contributed by atoms with van der Waals surface area (Å²) in [5.41, 5.74) is -2.18. The molecular weight excluding hydrogens is 461 g/mol. The van der Waals surface area contributed by atoms with Crippen LogP contribution in [-0.2, 0) is 15.9 Å². The number of anilines is 1. The molecule has 1 aromatic heterocycles. The van der Waals surface area contributed by atoms with Gasteiger partial charge in [0.15, 0.2) is 17.2 Å². The monoisotopic (exact) mass is 480 g/mol. The predicted octanol–water partition coefficient (Wildman–Crippen LogP) is 4.89. The highest BCUT2D eigenvalue weighted by Gasteiger charge is 2.38. The molecule has 0 saturated heterocycles. The van der Waals surface area contributed by atoms with Crippen molar-refractivity contribution in [2.45, 2.75) is 18.0 Å². The Balaban J connectivity index is 2.08. The van der Waals surface area contributed by atoms with Crippen LogP contribution in [0.4, 0.5) is 18.9 Å². The van der Waals surface area contributed by atoms with E-state index in [1.807, 2.05) is 0 Å². The first-order chi connectivity index (χ1) is 15.4. The second kappa shape index (κ2) is 9.06. The summed E-state index contributed by atoms with van der Waals surface area (Å²) in [5, 5.41) is 9.18. The Labute approximate surface area is 187 Å². The molecule has 8 nitrogen and oxygen atoms in total. The molecule has 0 aliphatic heterocycles.